The predicted octanol–water partition coefficient (Wildman–Crippen LogP) is 1.42. The minimum Gasteiger partial charge on any atom is -0.358 e. The second-order valence-electron chi connectivity index (χ2n) is 5.93. The molecule has 1 unspecified atom stereocenters. The van der Waals surface area contributed by atoms with Crippen molar-refractivity contribution < 1.29 is 0 Å². The fourth-order valence-electron chi connectivity index (χ4n) is 2.60. The van der Waals surface area contributed by atoms with E-state index in [0.717, 1.165) is 18.2 Å². The van der Waals surface area contributed by atoms with Crippen LogP contribution < -0.4 is 16.2 Å². The van der Waals surface area contributed by atoms with Crippen molar-refractivity contribution in [2.45, 2.75) is 38.6 Å². The molecule has 1 aliphatic heterocycles. The number of nitrogen functional groups attached to an aromatic ring is 1. The summed E-state index contributed by atoms with van der Waals surface area (Å²) in [7, 11) is 4.27. The molecule has 2 rings (SSSR count). The van der Waals surface area contributed by atoms with Gasteiger partial charge < -0.3 is 15.2 Å². The number of likely N-dealkylation sites (N-methyl/N-ethyl adjacent to an activating group) is 2. The average molecular weight is 278 g/mol. The molecule has 3 N–H and O–H groups in total. The SMILES string of the molecule is CC(C)c1nc(NN)cc(N(C)CC2CCCN2C)n1. The Bertz CT molecular complexity index is 447. The third-order valence-electron chi connectivity index (χ3n) is 3.94. The first-order chi connectivity index (χ1) is 9.51. The van der Waals surface area contributed by atoms with Gasteiger partial charge in [-0.2, -0.15) is 0 Å². The lowest BCUT2D eigenvalue weighted by Gasteiger charge is -2.27. The molecule has 112 valence electrons. The van der Waals surface area contributed by atoms with Crippen molar-refractivity contribution in [1.82, 2.24) is 14.9 Å². The first-order valence-electron chi connectivity index (χ1n) is 7.28. The van der Waals surface area contributed by atoms with E-state index < -0.39 is 0 Å². The van der Waals surface area contributed by atoms with Crippen molar-refractivity contribution in [1.29, 1.82) is 0 Å². The highest BCUT2D eigenvalue weighted by Gasteiger charge is 2.23. The molecule has 20 heavy (non-hydrogen) atoms. The van der Waals surface area contributed by atoms with Gasteiger partial charge in [0.05, 0.1) is 0 Å². The third-order valence-corrected chi connectivity index (χ3v) is 3.94. The Balaban J connectivity index is 2.15. The highest BCUT2D eigenvalue weighted by molar-refractivity contribution is 5.48. The van der Waals surface area contributed by atoms with Crippen LogP contribution in [0.4, 0.5) is 11.6 Å². The number of rotatable bonds is 5. The van der Waals surface area contributed by atoms with Gasteiger partial charge >= 0.3 is 0 Å². The average Bonchev–Trinajstić information content (AvgIpc) is 2.83. The van der Waals surface area contributed by atoms with E-state index in [1.165, 1.54) is 19.4 Å². The first-order valence-corrected chi connectivity index (χ1v) is 7.28. The Morgan fingerprint density at radius 1 is 1.50 bits per heavy atom. The second-order valence-corrected chi connectivity index (χ2v) is 5.93. The maximum absolute atomic E-state index is 5.51. The Morgan fingerprint density at radius 2 is 2.25 bits per heavy atom. The number of hydrazine groups is 1. The van der Waals surface area contributed by atoms with E-state index in [2.05, 4.69) is 53.1 Å². The van der Waals surface area contributed by atoms with Crippen LogP contribution in [0.3, 0.4) is 0 Å². The molecule has 1 aromatic heterocycles. The summed E-state index contributed by atoms with van der Waals surface area (Å²) in [5.41, 5.74) is 2.63. The van der Waals surface area contributed by atoms with E-state index in [-0.39, 0.29) is 5.92 Å². The molecule has 0 amide bonds. The number of hydrogen-bond acceptors (Lipinski definition) is 6. The lowest BCUT2D eigenvalue weighted by atomic mass is 10.2. The fraction of sp³-hybridized carbons (Fsp3) is 0.714. The summed E-state index contributed by atoms with van der Waals surface area (Å²) < 4.78 is 0. The van der Waals surface area contributed by atoms with Crippen LogP contribution in [0.2, 0.25) is 0 Å². The summed E-state index contributed by atoms with van der Waals surface area (Å²) in [4.78, 5) is 13.7. The van der Waals surface area contributed by atoms with E-state index in [9.17, 15) is 0 Å². The van der Waals surface area contributed by atoms with Gasteiger partial charge in [-0.3, -0.25) is 0 Å². The van der Waals surface area contributed by atoms with Crippen LogP contribution in [0.1, 0.15) is 38.4 Å². The minimum atomic E-state index is 0.282. The summed E-state index contributed by atoms with van der Waals surface area (Å²) in [6.07, 6.45) is 2.54. The van der Waals surface area contributed by atoms with E-state index in [1.807, 2.05) is 6.07 Å². The van der Waals surface area contributed by atoms with Crippen LogP contribution in [-0.2, 0) is 0 Å². The van der Waals surface area contributed by atoms with Gasteiger partial charge in [0.15, 0.2) is 0 Å². The largest absolute Gasteiger partial charge is 0.358 e. The van der Waals surface area contributed by atoms with E-state index in [0.29, 0.717) is 11.9 Å². The molecular formula is C14H26N6. The Hall–Kier alpha value is -1.40. The van der Waals surface area contributed by atoms with Gasteiger partial charge in [0.25, 0.3) is 0 Å². The predicted molar refractivity (Wildman–Crippen MR) is 82.9 cm³/mol. The monoisotopic (exact) mass is 278 g/mol. The zero-order valence-corrected chi connectivity index (χ0v) is 12.9. The fourth-order valence-corrected chi connectivity index (χ4v) is 2.60. The van der Waals surface area contributed by atoms with Crippen molar-refractivity contribution in [3.8, 4) is 0 Å². The maximum Gasteiger partial charge on any atom is 0.145 e. The van der Waals surface area contributed by atoms with Gasteiger partial charge in [-0.25, -0.2) is 15.8 Å². The summed E-state index contributed by atoms with van der Waals surface area (Å²) in [5.74, 6) is 8.21. The normalized spacial score (nSPS) is 19.6. The number of aromatic nitrogens is 2. The molecule has 0 saturated carbocycles. The minimum absolute atomic E-state index is 0.282. The van der Waals surface area contributed by atoms with Gasteiger partial charge in [0, 0.05) is 31.6 Å². The van der Waals surface area contributed by atoms with Gasteiger partial charge in [0.2, 0.25) is 0 Å². The van der Waals surface area contributed by atoms with Gasteiger partial charge in [0.1, 0.15) is 17.5 Å². The van der Waals surface area contributed by atoms with Crippen molar-refractivity contribution in [3.05, 3.63) is 11.9 Å². The smallest absolute Gasteiger partial charge is 0.145 e. The number of hydrogen-bond donors (Lipinski definition) is 2. The lowest BCUT2D eigenvalue weighted by Crippen LogP contribution is -2.37. The Morgan fingerprint density at radius 3 is 2.80 bits per heavy atom. The highest BCUT2D eigenvalue weighted by Crippen LogP contribution is 2.21. The summed E-state index contributed by atoms with van der Waals surface area (Å²) in [6.45, 7) is 6.35. The molecule has 0 radical (unpaired) electrons. The quantitative estimate of drug-likeness (QED) is 0.627. The topological polar surface area (TPSA) is 70.3 Å². The van der Waals surface area contributed by atoms with Crippen LogP contribution in [0.15, 0.2) is 6.07 Å². The molecule has 0 spiro atoms. The highest BCUT2D eigenvalue weighted by atomic mass is 15.3. The molecule has 1 saturated heterocycles. The zero-order chi connectivity index (χ0) is 14.7. The second kappa shape index (κ2) is 6.37. The zero-order valence-electron chi connectivity index (χ0n) is 12.9. The summed E-state index contributed by atoms with van der Waals surface area (Å²) in [6, 6.07) is 2.51. The molecule has 1 fully saturated rings. The molecule has 0 aromatic carbocycles. The van der Waals surface area contributed by atoms with Crippen LogP contribution in [-0.4, -0.2) is 48.1 Å². The molecule has 1 atom stereocenters. The van der Waals surface area contributed by atoms with E-state index >= 15 is 0 Å². The van der Waals surface area contributed by atoms with Crippen LogP contribution in [0.25, 0.3) is 0 Å². The van der Waals surface area contributed by atoms with Gasteiger partial charge in [-0.05, 0) is 26.4 Å². The van der Waals surface area contributed by atoms with Gasteiger partial charge in [-0.15, -0.1) is 0 Å². The molecule has 6 heteroatoms. The summed E-state index contributed by atoms with van der Waals surface area (Å²) >= 11 is 0. The molecule has 0 aliphatic carbocycles. The number of anilines is 2. The number of likely N-dealkylation sites (tertiary alicyclic amines) is 1. The van der Waals surface area contributed by atoms with E-state index in [4.69, 9.17) is 5.84 Å². The molecule has 1 aliphatic rings. The third kappa shape index (κ3) is 3.37. The molecule has 1 aromatic rings. The molecule has 6 nitrogen and oxygen atoms in total. The number of nitrogens with one attached hydrogen (secondary N) is 1. The number of nitrogens with zero attached hydrogens (tertiary/aromatic N) is 4. The van der Waals surface area contributed by atoms with Crippen LogP contribution >= 0.6 is 0 Å². The van der Waals surface area contributed by atoms with Crippen LogP contribution in [0, 0.1) is 0 Å². The number of nitrogens with two attached hydrogens (primary N) is 1. The first kappa shape index (κ1) is 15.0. The van der Waals surface area contributed by atoms with E-state index in [1.54, 1.807) is 0 Å². The Kier molecular flexibility index (Phi) is 4.77. The Labute approximate surface area is 121 Å². The molecule has 2 heterocycles. The van der Waals surface area contributed by atoms with Crippen LogP contribution in [0.5, 0.6) is 0 Å². The van der Waals surface area contributed by atoms with Crippen molar-refractivity contribution in [3.63, 3.8) is 0 Å². The van der Waals surface area contributed by atoms with Crippen molar-refractivity contribution in [2.24, 2.45) is 5.84 Å². The summed E-state index contributed by atoms with van der Waals surface area (Å²) in [5, 5.41) is 0. The standard InChI is InChI=1S/C14H26N6/c1-10(2)14-16-12(18-15)8-13(17-14)20(4)9-11-6-5-7-19(11)3/h8,10-11H,5-7,9,15H2,1-4H3,(H,16,17,18). The lowest BCUT2D eigenvalue weighted by molar-refractivity contribution is 0.314. The van der Waals surface area contributed by atoms with Crippen molar-refractivity contribution in [2.75, 3.05) is 37.5 Å². The molecular weight excluding hydrogens is 252 g/mol. The van der Waals surface area contributed by atoms with Crippen molar-refractivity contribution >= 4 is 11.6 Å². The molecule has 0 bridgehead atoms. The maximum atomic E-state index is 5.51. The van der Waals surface area contributed by atoms with Gasteiger partial charge in [-0.1, -0.05) is 13.8 Å².